The molecule has 1 N–H and O–H groups in total. The van der Waals surface area contributed by atoms with Crippen LogP contribution in [-0.2, 0) is 4.74 Å². The van der Waals surface area contributed by atoms with Gasteiger partial charge >= 0.3 is 5.97 Å². The van der Waals surface area contributed by atoms with Gasteiger partial charge in [0.1, 0.15) is 5.75 Å². The average Bonchev–Trinajstić information content (AvgIpc) is 2.56. The van der Waals surface area contributed by atoms with E-state index >= 15 is 0 Å². The van der Waals surface area contributed by atoms with Crippen LogP contribution < -0.4 is 0 Å². The van der Waals surface area contributed by atoms with Gasteiger partial charge in [0.2, 0.25) is 0 Å². The SMILES string of the molecule is CCCCOC(=O)c1ccc(N=Cc2cc(Br)ccc2O)cc1. The van der Waals surface area contributed by atoms with Crippen molar-refractivity contribution in [2.24, 2.45) is 4.99 Å². The van der Waals surface area contributed by atoms with Crippen LogP contribution in [0.1, 0.15) is 35.7 Å². The highest BCUT2D eigenvalue weighted by Gasteiger charge is 2.06. The van der Waals surface area contributed by atoms with Gasteiger partial charge in [0.25, 0.3) is 0 Å². The van der Waals surface area contributed by atoms with E-state index in [0.717, 1.165) is 17.3 Å². The van der Waals surface area contributed by atoms with Gasteiger partial charge in [0, 0.05) is 16.3 Å². The first-order valence-corrected chi connectivity index (χ1v) is 8.19. The minimum Gasteiger partial charge on any atom is -0.507 e. The summed E-state index contributed by atoms with van der Waals surface area (Å²) < 4.78 is 6.01. The van der Waals surface area contributed by atoms with Crippen LogP contribution in [0.15, 0.2) is 51.9 Å². The molecular weight excluding hydrogens is 358 g/mol. The second-order valence-corrected chi connectivity index (χ2v) is 5.91. The van der Waals surface area contributed by atoms with E-state index in [1.54, 1.807) is 48.7 Å². The first kappa shape index (κ1) is 17.2. The number of carbonyl (C=O) groups excluding carboxylic acids is 1. The van der Waals surface area contributed by atoms with Crippen LogP contribution in [0.2, 0.25) is 0 Å². The smallest absolute Gasteiger partial charge is 0.338 e. The Morgan fingerprint density at radius 2 is 2.00 bits per heavy atom. The van der Waals surface area contributed by atoms with Crippen molar-refractivity contribution in [3.63, 3.8) is 0 Å². The number of hydrogen-bond donors (Lipinski definition) is 1. The van der Waals surface area contributed by atoms with E-state index in [-0.39, 0.29) is 11.7 Å². The third kappa shape index (κ3) is 5.21. The Hall–Kier alpha value is -2.14. The predicted molar refractivity (Wildman–Crippen MR) is 94.7 cm³/mol. The lowest BCUT2D eigenvalue weighted by Gasteiger charge is -2.04. The predicted octanol–water partition coefficient (Wildman–Crippen LogP) is 4.86. The Morgan fingerprint density at radius 1 is 1.26 bits per heavy atom. The third-order valence-electron chi connectivity index (χ3n) is 3.18. The van der Waals surface area contributed by atoms with Gasteiger partial charge in [-0.3, -0.25) is 4.99 Å². The maximum Gasteiger partial charge on any atom is 0.338 e. The summed E-state index contributed by atoms with van der Waals surface area (Å²) in [7, 11) is 0. The first-order valence-electron chi connectivity index (χ1n) is 7.40. The average molecular weight is 376 g/mol. The lowest BCUT2D eigenvalue weighted by Crippen LogP contribution is -2.05. The quantitative estimate of drug-likeness (QED) is 0.445. The zero-order valence-corrected chi connectivity index (χ0v) is 14.4. The van der Waals surface area contributed by atoms with E-state index in [0.29, 0.717) is 23.4 Å². The Balaban J connectivity index is 2.03. The monoisotopic (exact) mass is 375 g/mol. The van der Waals surface area contributed by atoms with Crippen molar-refractivity contribution >= 4 is 33.8 Å². The second kappa shape index (κ2) is 8.48. The number of nitrogens with zero attached hydrogens (tertiary/aromatic N) is 1. The van der Waals surface area contributed by atoms with Crippen molar-refractivity contribution in [2.45, 2.75) is 19.8 Å². The van der Waals surface area contributed by atoms with Crippen molar-refractivity contribution in [3.05, 3.63) is 58.1 Å². The van der Waals surface area contributed by atoms with Crippen LogP contribution >= 0.6 is 15.9 Å². The van der Waals surface area contributed by atoms with E-state index in [1.165, 1.54) is 0 Å². The summed E-state index contributed by atoms with van der Waals surface area (Å²) in [5.41, 5.74) is 1.81. The zero-order chi connectivity index (χ0) is 16.7. The summed E-state index contributed by atoms with van der Waals surface area (Å²) in [4.78, 5) is 16.1. The van der Waals surface area contributed by atoms with E-state index in [4.69, 9.17) is 4.74 Å². The van der Waals surface area contributed by atoms with Crippen molar-refractivity contribution in [3.8, 4) is 5.75 Å². The lowest BCUT2D eigenvalue weighted by atomic mass is 10.2. The van der Waals surface area contributed by atoms with E-state index in [9.17, 15) is 9.90 Å². The number of aliphatic imine (C=N–C) groups is 1. The minimum atomic E-state index is -0.321. The molecule has 0 saturated carbocycles. The van der Waals surface area contributed by atoms with Crippen LogP contribution in [0, 0.1) is 0 Å². The molecule has 0 aliphatic heterocycles. The molecular formula is C18H18BrNO3. The molecule has 2 rings (SSSR count). The maximum absolute atomic E-state index is 11.8. The van der Waals surface area contributed by atoms with E-state index in [2.05, 4.69) is 20.9 Å². The Labute approximate surface area is 144 Å². The molecule has 0 aromatic heterocycles. The molecule has 0 heterocycles. The van der Waals surface area contributed by atoms with Crippen molar-refractivity contribution < 1.29 is 14.6 Å². The highest BCUT2D eigenvalue weighted by atomic mass is 79.9. The number of aromatic hydroxyl groups is 1. The zero-order valence-electron chi connectivity index (χ0n) is 12.8. The Kier molecular flexibility index (Phi) is 6.35. The number of unbranched alkanes of at least 4 members (excludes halogenated alkanes) is 1. The molecule has 0 radical (unpaired) electrons. The summed E-state index contributed by atoms with van der Waals surface area (Å²) >= 11 is 3.35. The number of ether oxygens (including phenoxy) is 1. The van der Waals surface area contributed by atoms with Crippen LogP contribution in [-0.4, -0.2) is 23.9 Å². The number of halogens is 1. The van der Waals surface area contributed by atoms with Gasteiger partial charge in [0.05, 0.1) is 17.9 Å². The van der Waals surface area contributed by atoms with Crippen LogP contribution in [0.5, 0.6) is 5.75 Å². The summed E-state index contributed by atoms with van der Waals surface area (Å²) in [5.74, 6) is -0.160. The fraction of sp³-hybridized carbons (Fsp3) is 0.222. The molecule has 0 bridgehead atoms. The molecule has 0 amide bonds. The third-order valence-corrected chi connectivity index (χ3v) is 3.67. The molecule has 4 nitrogen and oxygen atoms in total. The van der Waals surface area contributed by atoms with Gasteiger partial charge in [-0.2, -0.15) is 0 Å². The first-order chi connectivity index (χ1) is 11.1. The van der Waals surface area contributed by atoms with Crippen molar-refractivity contribution in [1.29, 1.82) is 0 Å². The normalized spacial score (nSPS) is 10.9. The number of carbonyl (C=O) groups is 1. The summed E-state index contributed by atoms with van der Waals surface area (Å²) in [5, 5.41) is 9.76. The lowest BCUT2D eigenvalue weighted by molar-refractivity contribution is 0.0500. The molecule has 0 fully saturated rings. The Bertz CT molecular complexity index is 696. The second-order valence-electron chi connectivity index (χ2n) is 5.00. The van der Waals surface area contributed by atoms with Crippen molar-refractivity contribution in [2.75, 3.05) is 6.61 Å². The number of rotatable bonds is 6. The van der Waals surface area contributed by atoms with Gasteiger partial charge in [0.15, 0.2) is 0 Å². The molecule has 2 aromatic rings. The molecule has 0 saturated heterocycles. The van der Waals surface area contributed by atoms with E-state index < -0.39 is 0 Å². The molecule has 0 unspecified atom stereocenters. The maximum atomic E-state index is 11.8. The molecule has 120 valence electrons. The Morgan fingerprint density at radius 3 is 2.70 bits per heavy atom. The fourth-order valence-corrected chi connectivity index (χ4v) is 2.23. The number of benzene rings is 2. The minimum absolute atomic E-state index is 0.160. The summed E-state index contributed by atoms with van der Waals surface area (Å²) in [6.45, 7) is 2.49. The molecule has 2 aromatic carbocycles. The van der Waals surface area contributed by atoms with Gasteiger partial charge in [-0.05, 0) is 48.9 Å². The molecule has 0 aliphatic carbocycles. The van der Waals surface area contributed by atoms with Crippen molar-refractivity contribution in [1.82, 2.24) is 0 Å². The fourth-order valence-electron chi connectivity index (χ4n) is 1.85. The molecule has 0 aliphatic rings. The topological polar surface area (TPSA) is 58.9 Å². The van der Waals surface area contributed by atoms with Crippen LogP contribution in [0.25, 0.3) is 0 Å². The number of esters is 1. The van der Waals surface area contributed by atoms with Gasteiger partial charge in [-0.1, -0.05) is 29.3 Å². The standard InChI is InChI=1S/C18H18BrNO3/c1-2-3-10-23-18(22)13-4-7-16(8-5-13)20-12-14-11-15(19)6-9-17(14)21/h4-9,11-12,21H,2-3,10H2,1H3. The number of phenolic OH excluding ortho intramolecular Hbond substituents is 1. The highest BCUT2D eigenvalue weighted by Crippen LogP contribution is 2.21. The van der Waals surface area contributed by atoms with Gasteiger partial charge in [-0.15, -0.1) is 0 Å². The largest absolute Gasteiger partial charge is 0.507 e. The molecule has 5 heteroatoms. The summed E-state index contributed by atoms with van der Waals surface area (Å²) in [6.07, 6.45) is 3.43. The van der Waals surface area contributed by atoms with Gasteiger partial charge < -0.3 is 9.84 Å². The number of phenols is 1. The molecule has 0 atom stereocenters. The summed E-state index contributed by atoms with van der Waals surface area (Å²) in [6, 6.07) is 12.0. The molecule has 23 heavy (non-hydrogen) atoms. The number of hydrogen-bond acceptors (Lipinski definition) is 4. The van der Waals surface area contributed by atoms with E-state index in [1.807, 2.05) is 6.92 Å². The highest BCUT2D eigenvalue weighted by molar-refractivity contribution is 9.10. The van der Waals surface area contributed by atoms with Crippen LogP contribution in [0.4, 0.5) is 5.69 Å². The van der Waals surface area contributed by atoms with Crippen LogP contribution in [0.3, 0.4) is 0 Å². The van der Waals surface area contributed by atoms with Gasteiger partial charge in [-0.25, -0.2) is 4.79 Å². The molecule has 0 spiro atoms.